The number of anilines is 1. The summed E-state index contributed by atoms with van der Waals surface area (Å²) in [5.41, 5.74) is 1.64. The van der Waals surface area contributed by atoms with Crippen molar-refractivity contribution in [3.8, 4) is 5.88 Å². The largest absolute Gasteiger partial charge is 0.475 e. The van der Waals surface area contributed by atoms with Crippen LogP contribution in [0.1, 0.15) is 36.7 Å². The van der Waals surface area contributed by atoms with Crippen LogP contribution in [-0.2, 0) is 16.6 Å². The number of benzene rings is 2. The van der Waals surface area contributed by atoms with Gasteiger partial charge in [-0.2, -0.15) is 0 Å². The Morgan fingerprint density at radius 1 is 1.06 bits per heavy atom. The molecule has 1 N–H and O–H groups in total. The number of hydrogen-bond donors (Lipinski definition) is 1. The Balaban J connectivity index is 1.73. The van der Waals surface area contributed by atoms with Gasteiger partial charge in [0.2, 0.25) is 5.88 Å². The third kappa shape index (κ3) is 5.64. The number of pyridine rings is 1. The lowest BCUT2D eigenvalue weighted by atomic mass is 10.2. The van der Waals surface area contributed by atoms with E-state index in [9.17, 15) is 13.2 Å². The predicted molar refractivity (Wildman–Crippen MR) is 124 cm³/mol. The highest BCUT2D eigenvalue weighted by atomic mass is 32.2. The number of carbonyl (C=O) groups is 1. The molecule has 3 aromatic rings. The lowest BCUT2D eigenvalue weighted by molar-refractivity contribution is 0.0950. The second-order valence-electron chi connectivity index (χ2n) is 7.39. The van der Waals surface area contributed by atoms with E-state index in [1.165, 1.54) is 16.4 Å². The third-order valence-corrected chi connectivity index (χ3v) is 6.52. The molecule has 0 aliphatic rings. The van der Waals surface area contributed by atoms with Crippen LogP contribution in [0.25, 0.3) is 0 Å². The zero-order valence-electron chi connectivity index (χ0n) is 18.4. The van der Waals surface area contributed by atoms with Crippen molar-refractivity contribution in [3.63, 3.8) is 0 Å². The molecule has 0 aliphatic carbocycles. The number of nitrogens with one attached hydrogen (secondary N) is 1. The van der Waals surface area contributed by atoms with Gasteiger partial charge >= 0.3 is 0 Å². The van der Waals surface area contributed by atoms with Gasteiger partial charge in [0, 0.05) is 30.9 Å². The summed E-state index contributed by atoms with van der Waals surface area (Å²) < 4.78 is 33.2. The third-order valence-electron chi connectivity index (χ3n) is 4.62. The molecule has 0 saturated carbocycles. The highest BCUT2D eigenvalue weighted by Crippen LogP contribution is 2.23. The molecule has 0 unspecified atom stereocenters. The highest BCUT2D eigenvalue weighted by molar-refractivity contribution is 7.92. The fourth-order valence-electron chi connectivity index (χ4n) is 3.12. The quantitative estimate of drug-likeness (QED) is 0.529. The maximum Gasteiger partial charge on any atom is 0.264 e. The van der Waals surface area contributed by atoms with Crippen molar-refractivity contribution >= 4 is 21.6 Å². The molecule has 32 heavy (non-hydrogen) atoms. The van der Waals surface area contributed by atoms with Crippen molar-refractivity contribution in [1.29, 1.82) is 0 Å². The van der Waals surface area contributed by atoms with E-state index >= 15 is 0 Å². The highest BCUT2D eigenvalue weighted by Gasteiger charge is 2.24. The Morgan fingerprint density at radius 3 is 2.44 bits per heavy atom. The van der Waals surface area contributed by atoms with Crippen molar-refractivity contribution in [3.05, 3.63) is 84.1 Å². The molecule has 0 spiro atoms. The number of rotatable bonds is 9. The summed E-state index contributed by atoms with van der Waals surface area (Å²) in [5, 5.41) is 2.80. The molecular weight excluding hydrogens is 426 g/mol. The van der Waals surface area contributed by atoms with Crippen molar-refractivity contribution in [2.24, 2.45) is 0 Å². The Morgan fingerprint density at radius 2 is 1.81 bits per heavy atom. The first-order valence-corrected chi connectivity index (χ1v) is 11.8. The van der Waals surface area contributed by atoms with E-state index in [0.29, 0.717) is 11.6 Å². The summed E-state index contributed by atoms with van der Waals surface area (Å²) in [4.78, 5) is 16.9. The minimum absolute atomic E-state index is 0.0298. The summed E-state index contributed by atoms with van der Waals surface area (Å²) >= 11 is 0. The van der Waals surface area contributed by atoms with E-state index < -0.39 is 10.0 Å². The molecule has 0 saturated heterocycles. The van der Waals surface area contributed by atoms with Gasteiger partial charge in [-0.3, -0.25) is 9.10 Å². The Labute approximate surface area is 189 Å². The lowest BCUT2D eigenvalue weighted by Gasteiger charge is -2.23. The Hall–Kier alpha value is -3.39. The van der Waals surface area contributed by atoms with E-state index in [0.717, 1.165) is 5.56 Å². The monoisotopic (exact) mass is 453 g/mol. The second kappa shape index (κ2) is 10.3. The van der Waals surface area contributed by atoms with E-state index in [1.54, 1.807) is 55.6 Å². The van der Waals surface area contributed by atoms with E-state index in [-0.39, 0.29) is 35.6 Å². The smallest absolute Gasteiger partial charge is 0.264 e. The van der Waals surface area contributed by atoms with Crippen molar-refractivity contribution in [2.45, 2.75) is 38.3 Å². The lowest BCUT2D eigenvalue weighted by Crippen LogP contribution is -2.31. The molecule has 0 atom stereocenters. The van der Waals surface area contributed by atoms with Crippen molar-refractivity contribution in [1.82, 2.24) is 10.3 Å². The summed E-state index contributed by atoms with van der Waals surface area (Å²) in [5.74, 6) is 0.152. The van der Waals surface area contributed by atoms with Gasteiger partial charge in [0.25, 0.3) is 15.9 Å². The second-order valence-corrected chi connectivity index (χ2v) is 9.25. The zero-order valence-corrected chi connectivity index (χ0v) is 19.2. The molecule has 0 aliphatic heterocycles. The first-order valence-electron chi connectivity index (χ1n) is 10.4. The molecule has 0 fully saturated rings. The molecule has 0 bridgehead atoms. The summed E-state index contributed by atoms with van der Waals surface area (Å²) in [7, 11) is -3.81. The van der Waals surface area contributed by atoms with Crippen LogP contribution in [0.2, 0.25) is 0 Å². The Kier molecular flexibility index (Phi) is 7.48. The fourth-order valence-corrected chi connectivity index (χ4v) is 4.64. The summed E-state index contributed by atoms with van der Waals surface area (Å²) in [6.07, 6.45) is 1.67. The number of para-hydroxylation sites is 1. The number of aromatic nitrogens is 1. The van der Waals surface area contributed by atoms with Crippen LogP contribution < -0.4 is 14.4 Å². The van der Waals surface area contributed by atoms with Gasteiger partial charge in [-0.05, 0) is 56.7 Å². The number of ether oxygens (including phenoxy) is 1. The fraction of sp³-hybridized carbons (Fsp3) is 0.250. The number of carbonyl (C=O) groups excluding carboxylic acids is 1. The average Bonchev–Trinajstić information content (AvgIpc) is 2.79. The van der Waals surface area contributed by atoms with Gasteiger partial charge in [-0.1, -0.05) is 30.3 Å². The average molecular weight is 454 g/mol. The summed E-state index contributed by atoms with van der Waals surface area (Å²) in [6, 6.07) is 18.5. The van der Waals surface area contributed by atoms with Gasteiger partial charge in [0.15, 0.2) is 0 Å². The van der Waals surface area contributed by atoms with Crippen molar-refractivity contribution < 1.29 is 17.9 Å². The van der Waals surface area contributed by atoms with Crippen LogP contribution in [0.15, 0.2) is 77.8 Å². The van der Waals surface area contributed by atoms with Crippen LogP contribution >= 0.6 is 0 Å². The standard InChI is InChI=1S/C24H27N3O4S/c1-4-27(21-10-6-5-7-11-21)32(29,30)22-12-8-9-20(15-22)24(28)26-17-19-13-14-23(25-16-19)31-18(2)3/h5-16,18H,4,17H2,1-3H3,(H,26,28). The van der Waals surface area contributed by atoms with Gasteiger partial charge in [-0.25, -0.2) is 13.4 Å². The van der Waals surface area contributed by atoms with Gasteiger partial charge in [-0.15, -0.1) is 0 Å². The van der Waals surface area contributed by atoms with Gasteiger partial charge in [0.1, 0.15) is 0 Å². The topological polar surface area (TPSA) is 88.6 Å². The van der Waals surface area contributed by atoms with Crippen molar-refractivity contribution in [2.75, 3.05) is 10.8 Å². The number of amides is 1. The molecule has 1 aromatic heterocycles. The first kappa shape index (κ1) is 23.3. The number of hydrogen-bond acceptors (Lipinski definition) is 5. The molecule has 7 nitrogen and oxygen atoms in total. The molecular formula is C24H27N3O4S. The summed E-state index contributed by atoms with van der Waals surface area (Å²) in [6.45, 7) is 6.14. The van der Waals surface area contributed by atoms with Crippen LogP contribution in [0, 0.1) is 0 Å². The SMILES string of the molecule is CCN(c1ccccc1)S(=O)(=O)c1cccc(C(=O)NCc2ccc(OC(C)C)nc2)c1. The maximum atomic E-state index is 13.2. The minimum atomic E-state index is -3.81. The normalized spacial score (nSPS) is 11.2. The minimum Gasteiger partial charge on any atom is -0.475 e. The number of sulfonamides is 1. The molecule has 168 valence electrons. The predicted octanol–water partition coefficient (Wildman–Crippen LogP) is 4.01. The molecule has 8 heteroatoms. The van der Waals surface area contributed by atoms with Crippen LogP contribution in [-0.4, -0.2) is 32.0 Å². The molecule has 3 rings (SSSR count). The van der Waals surface area contributed by atoms with Crippen LogP contribution in [0.5, 0.6) is 5.88 Å². The molecule has 0 radical (unpaired) electrons. The molecule has 2 aromatic carbocycles. The molecule has 1 heterocycles. The van der Waals surface area contributed by atoms with E-state index in [4.69, 9.17) is 4.74 Å². The van der Waals surface area contributed by atoms with Gasteiger partial charge in [0.05, 0.1) is 16.7 Å². The zero-order chi connectivity index (χ0) is 23.1. The first-order chi connectivity index (χ1) is 15.3. The maximum absolute atomic E-state index is 13.2. The van der Waals surface area contributed by atoms with Gasteiger partial charge < -0.3 is 10.1 Å². The Bertz CT molecular complexity index is 1150. The van der Waals surface area contributed by atoms with Crippen LogP contribution in [0.3, 0.4) is 0 Å². The van der Waals surface area contributed by atoms with E-state index in [2.05, 4.69) is 10.3 Å². The van der Waals surface area contributed by atoms with Crippen LogP contribution in [0.4, 0.5) is 5.69 Å². The van der Waals surface area contributed by atoms with E-state index in [1.807, 2.05) is 26.0 Å². The number of nitrogens with zero attached hydrogens (tertiary/aromatic N) is 2. The molecule has 1 amide bonds.